The van der Waals surface area contributed by atoms with Crippen LogP contribution in [0.3, 0.4) is 0 Å². The molecule has 0 unspecified atom stereocenters. The fourth-order valence-corrected chi connectivity index (χ4v) is 2.19. The second kappa shape index (κ2) is 5.25. The van der Waals surface area contributed by atoms with Crippen LogP contribution in [0.2, 0.25) is 0 Å². The number of benzene rings is 2. The van der Waals surface area contributed by atoms with Crippen LogP contribution in [-0.2, 0) is 11.3 Å². The molecule has 0 aromatic heterocycles. The highest BCUT2D eigenvalue weighted by atomic mass is 19.1. The third kappa shape index (κ3) is 2.59. The van der Waals surface area contributed by atoms with E-state index in [1.165, 1.54) is 17.1 Å². The van der Waals surface area contributed by atoms with Crippen LogP contribution in [0.25, 0.3) is 0 Å². The van der Waals surface area contributed by atoms with E-state index in [-0.39, 0.29) is 11.7 Å². The topological polar surface area (TPSA) is 32.7 Å². The molecule has 0 aliphatic carbocycles. The van der Waals surface area contributed by atoms with Gasteiger partial charge in [-0.25, -0.2) is 9.40 Å². The van der Waals surface area contributed by atoms with Crippen molar-refractivity contribution >= 4 is 11.6 Å². The molecule has 0 spiro atoms. The Morgan fingerprint density at radius 1 is 1.10 bits per heavy atom. The van der Waals surface area contributed by atoms with Crippen LogP contribution < -0.4 is 0 Å². The van der Waals surface area contributed by atoms with Crippen LogP contribution in [0.4, 0.5) is 4.39 Å². The van der Waals surface area contributed by atoms with Crippen molar-refractivity contribution in [2.45, 2.75) is 13.0 Å². The average Bonchev–Trinajstić information content (AvgIpc) is 2.81. The third-order valence-electron chi connectivity index (χ3n) is 3.18. The number of hydrogen-bond acceptors (Lipinski definition) is 2. The minimum absolute atomic E-state index is 0.0619. The summed E-state index contributed by atoms with van der Waals surface area (Å²) in [4.78, 5) is 12.0. The molecule has 3 nitrogen and oxygen atoms in total. The number of nitrogens with zero attached hydrogens (tertiary/aromatic N) is 2. The van der Waals surface area contributed by atoms with Crippen molar-refractivity contribution < 1.29 is 9.18 Å². The standard InChI is InChI=1S/C16H13FN2O/c17-14-8-4-5-12(9-14)11-19-16(20)10-15(18-19)13-6-2-1-3-7-13/h1-9H,10-11H2. The zero-order valence-electron chi connectivity index (χ0n) is 10.8. The van der Waals surface area contributed by atoms with Crippen LogP contribution in [0.1, 0.15) is 17.5 Å². The Morgan fingerprint density at radius 2 is 1.90 bits per heavy atom. The predicted octanol–water partition coefficient (Wildman–Crippen LogP) is 2.96. The van der Waals surface area contributed by atoms with Gasteiger partial charge in [0, 0.05) is 0 Å². The van der Waals surface area contributed by atoms with Gasteiger partial charge in [-0.3, -0.25) is 4.79 Å². The number of carbonyl (C=O) groups is 1. The average molecular weight is 268 g/mol. The first-order valence-electron chi connectivity index (χ1n) is 6.40. The Bertz CT molecular complexity index is 667. The number of carbonyl (C=O) groups excluding carboxylic acids is 1. The molecule has 20 heavy (non-hydrogen) atoms. The molecule has 2 aromatic carbocycles. The van der Waals surface area contributed by atoms with E-state index in [0.29, 0.717) is 13.0 Å². The van der Waals surface area contributed by atoms with Crippen LogP contribution in [-0.4, -0.2) is 16.6 Å². The first-order valence-corrected chi connectivity index (χ1v) is 6.40. The Kier molecular flexibility index (Phi) is 3.29. The molecule has 0 radical (unpaired) electrons. The summed E-state index contributed by atoms with van der Waals surface area (Å²) >= 11 is 0. The fraction of sp³-hybridized carbons (Fsp3) is 0.125. The molecule has 2 aromatic rings. The van der Waals surface area contributed by atoms with Gasteiger partial charge in [0.25, 0.3) is 0 Å². The van der Waals surface area contributed by atoms with Crippen LogP contribution in [0, 0.1) is 5.82 Å². The molecule has 0 bridgehead atoms. The van der Waals surface area contributed by atoms with Crippen LogP contribution >= 0.6 is 0 Å². The normalized spacial score (nSPS) is 14.6. The van der Waals surface area contributed by atoms with E-state index >= 15 is 0 Å². The zero-order chi connectivity index (χ0) is 13.9. The summed E-state index contributed by atoms with van der Waals surface area (Å²) in [5, 5.41) is 5.74. The second-order valence-corrected chi connectivity index (χ2v) is 4.67. The molecule has 0 saturated carbocycles. The van der Waals surface area contributed by atoms with Gasteiger partial charge in [-0.1, -0.05) is 42.5 Å². The number of hydrogen-bond donors (Lipinski definition) is 0. The van der Waals surface area contributed by atoms with Crippen molar-refractivity contribution in [2.75, 3.05) is 0 Å². The molecular formula is C16H13FN2O. The van der Waals surface area contributed by atoms with Crippen molar-refractivity contribution in [3.63, 3.8) is 0 Å². The minimum Gasteiger partial charge on any atom is -0.272 e. The number of hydrazone groups is 1. The highest BCUT2D eigenvalue weighted by molar-refractivity contribution is 6.13. The molecule has 1 aliphatic heterocycles. The van der Waals surface area contributed by atoms with Gasteiger partial charge in [-0.2, -0.15) is 5.10 Å². The first-order chi connectivity index (χ1) is 9.72. The lowest BCUT2D eigenvalue weighted by Crippen LogP contribution is -2.20. The van der Waals surface area contributed by atoms with E-state index < -0.39 is 0 Å². The number of halogens is 1. The largest absolute Gasteiger partial charge is 0.272 e. The van der Waals surface area contributed by atoms with Crippen molar-refractivity contribution in [3.8, 4) is 0 Å². The van der Waals surface area contributed by atoms with E-state index in [9.17, 15) is 9.18 Å². The lowest BCUT2D eigenvalue weighted by atomic mass is 10.1. The Balaban J connectivity index is 1.81. The molecule has 0 N–H and O–H groups in total. The fourth-order valence-electron chi connectivity index (χ4n) is 2.19. The van der Waals surface area contributed by atoms with Crippen molar-refractivity contribution in [1.82, 2.24) is 5.01 Å². The van der Waals surface area contributed by atoms with E-state index in [4.69, 9.17) is 0 Å². The molecule has 1 aliphatic rings. The van der Waals surface area contributed by atoms with Crippen molar-refractivity contribution in [1.29, 1.82) is 0 Å². The Morgan fingerprint density at radius 3 is 2.65 bits per heavy atom. The maximum atomic E-state index is 13.1. The minimum atomic E-state index is -0.304. The van der Waals surface area contributed by atoms with Gasteiger partial charge >= 0.3 is 0 Å². The summed E-state index contributed by atoms with van der Waals surface area (Å²) in [6, 6.07) is 15.8. The van der Waals surface area contributed by atoms with Gasteiger partial charge in [0.05, 0.1) is 18.7 Å². The molecular weight excluding hydrogens is 255 g/mol. The molecule has 1 amide bonds. The molecule has 0 saturated heterocycles. The van der Waals surface area contributed by atoms with Gasteiger partial charge in [-0.15, -0.1) is 0 Å². The maximum Gasteiger partial charge on any atom is 0.249 e. The third-order valence-corrected chi connectivity index (χ3v) is 3.18. The summed E-state index contributed by atoms with van der Waals surface area (Å²) in [5.41, 5.74) is 2.44. The predicted molar refractivity (Wildman–Crippen MR) is 74.5 cm³/mol. The molecule has 3 rings (SSSR count). The molecule has 1 heterocycles. The van der Waals surface area contributed by atoms with Gasteiger partial charge in [0.15, 0.2) is 0 Å². The second-order valence-electron chi connectivity index (χ2n) is 4.67. The molecule has 0 atom stereocenters. The highest BCUT2D eigenvalue weighted by Gasteiger charge is 2.24. The smallest absolute Gasteiger partial charge is 0.249 e. The number of amides is 1. The summed E-state index contributed by atoms with van der Waals surface area (Å²) in [7, 11) is 0. The van der Waals surface area contributed by atoms with Gasteiger partial charge in [-0.05, 0) is 23.3 Å². The molecule has 4 heteroatoms. The molecule has 100 valence electrons. The van der Waals surface area contributed by atoms with Gasteiger partial charge < -0.3 is 0 Å². The van der Waals surface area contributed by atoms with Crippen molar-refractivity contribution in [3.05, 3.63) is 71.5 Å². The lowest BCUT2D eigenvalue weighted by Gasteiger charge is -2.11. The van der Waals surface area contributed by atoms with Gasteiger partial charge in [0.1, 0.15) is 5.82 Å². The van der Waals surface area contributed by atoms with Crippen molar-refractivity contribution in [2.24, 2.45) is 5.10 Å². The summed E-state index contributed by atoms with van der Waals surface area (Å²) in [6.07, 6.45) is 0.291. The van der Waals surface area contributed by atoms with E-state index in [1.807, 2.05) is 30.3 Å². The lowest BCUT2D eigenvalue weighted by molar-refractivity contribution is -0.129. The van der Waals surface area contributed by atoms with Crippen LogP contribution in [0.5, 0.6) is 0 Å². The number of rotatable bonds is 3. The van der Waals surface area contributed by atoms with Gasteiger partial charge in [0.2, 0.25) is 5.91 Å². The van der Waals surface area contributed by atoms with E-state index in [1.54, 1.807) is 12.1 Å². The maximum absolute atomic E-state index is 13.1. The summed E-state index contributed by atoms with van der Waals surface area (Å²) in [5.74, 6) is -0.366. The quantitative estimate of drug-likeness (QED) is 0.842. The highest BCUT2D eigenvalue weighted by Crippen LogP contribution is 2.17. The molecule has 0 fully saturated rings. The van der Waals surface area contributed by atoms with E-state index in [0.717, 1.165) is 16.8 Å². The summed E-state index contributed by atoms with van der Waals surface area (Å²) < 4.78 is 13.1. The monoisotopic (exact) mass is 268 g/mol. The first kappa shape index (κ1) is 12.5. The SMILES string of the molecule is O=C1CC(c2ccccc2)=NN1Cc1cccc(F)c1. The van der Waals surface area contributed by atoms with Crippen LogP contribution in [0.15, 0.2) is 59.7 Å². The Hall–Kier alpha value is -2.49. The summed E-state index contributed by atoms with van der Waals surface area (Å²) in [6.45, 7) is 0.299. The zero-order valence-corrected chi connectivity index (χ0v) is 10.8. The van der Waals surface area contributed by atoms with E-state index in [2.05, 4.69) is 5.10 Å². The Labute approximate surface area is 116 Å².